The quantitative estimate of drug-likeness (QED) is 0.529. The molecule has 0 bridgehead atoms. The van der Waals surface area contributed by atoms with Crippen molar-refractivity contribution >= 4 is 35.0 Å². The minimum atomic E-state index is -4.42. The Hall–Kier alpha value is -3.11. The smallest absolute Gasteiger partial charge is 0.416 e. The van der Waals surface area contributed by atoms with Crippen molar-refractivity contribution in [3.63, 3.8) is 0 Å². The Bertz CT molecular complexity index is 1200. The van der Waals surface area contributed by atoms with E-state index in [0.29, 0.717) is 17.0 Å². The highest BCUT2D eigenvalue weighted by Crippen LogP contribution is 2.31. The zero-order chi connectivity index (χ0) is 23.5. The molecule has 6 nitrogen and oxygen atoms in total. The normalized spacial score (nSPS) is 12.1. The first-order valence-electron chi connectivity index (χ1n) is 9.12. The molecule has 0 aliphatic rings. The van der Waals surface area contributed by atoms with Crippen molar-refractivity contribution in [2.24, 2.45) is 4.99 Å². The molecule has 0 atom stereocenters. The second-order valence-corrected chi connectivity index (χ2v) is 8.06. The van der Waals surface area contributed by atoms with Gasteiger partial charge in [-0.1, -0.05) is 23.7 Å². The molecule has 3 aromatic rings. The fraction of sp³-hybridized carbons (Fsp3) is 0.190. The van der Waals surface area contributed by atoms with Gasteiger partial charge < -0.3 is 9.84 Å². The average Bonchev–Trinajstić information content (AvgIpc) is 2.96. The number of rotatable bonds is 6. The van der Waals surface area contributed by atoms with Crippen LogP contribution in [0, 0.1) is 6.92 Å². The summed E-state index contributed by atoms with van der Waals surface area (Å²) in [7, 11) is 0. The molecule has 1 amide bonds. The number of aromatic nitrogens is 1. The van der Waals surface area contributed by atoms with E-state index >= 15 is 0 Å². The van der Waals surface area contributed by atoms with E-state index in [2.05, 4.69) is 4.99 Å². The summed E-state index contributed by atoms with van der Waals surface area (Å²) in [6, 6.07) is 10.8. The molecular weight excluding hydrogens is 469 g/mol. The van der Waals surface area contributed by atoms with Gasteiger partial charge in [-0.3, -0.25) is 13.5 Å². The summed E-state index contributed by atoms with van der Waals surface area (Å²) < 4.78 is 45.0. The first kappa shape index (κ1) is 23.6. The summed E-state index contributed by atoms with van der Waals surface area (Å²) in [5.74, 6) is -0.863. The third-order valence-electron chi connectivity index (χ3n) is 4.28. The number of amides is 1. The van der Waals surface area contributed by atoms with Crippen molar-refractivity contribution in [3.8, 4) is 11.5 Å². The van der Waals surface area contributed by atoms with E-state index in [1.165, 1.54) is 16.1 Å². The molecule has 1 N–H and O–H groups in total. The zero-order valence-corrected chi connectivity index (χ0v) is 18.1. The van der Waals surface area contributed by atoms with Gasteiger partial charge in [-0.05, 0) is 60.4 Å². The monoisotopic (exact) mass is 484 g/mol. The highest BCUT2D eigenvalue weighted by molar-refractivity contribution is 7.04. The third-order valence-corrected chi connectivity index (χ3v) is 5.93. The lowest BCUT2D eigenvalue weighted by molar-refractivity contribution is -0.138. The lowest BCUT2D eigenvalue weighted by atomic mass is 10.1. The van der Waals surface area contributed by atoms with Gasteiger partial charge in [0.2, 0.25) is 0 Å². The van der Waals surface area contributed by atoms with E-state index < -0.39 is 23.6 Å². The van der Waals surface area contributed by atoms with Crippen molar-refractivity contribution in [2.75, 3.05) is 0 Å². The number of halogens is 4. The summed E-state index contributed by atoms with van der Waals surface area (Å²) >= 11 is 7.13. The van der Waals surface area contributed by atoms with Gasteiger partial charge in [-0.15, -0.1) is 0 Å². The van der Waals surface area contributed by atoms with Crippen LogP contribution >= 0.6 is 23.1 Å². The molecular formula is C21H16ClF3N2O4S. The molecule has 0 unspecified atom stereocenters. The maximum atomic E-state index is 12.6. The van der Waals surface area contributed by atoms with Crippen molar-refractivity contribution in [1.82, 2.24) is 3.96 Å². The van der Waals surface area contributed by atoms with Crippen LogP contribution in [0.2, 0.25) is 5.02 Å². The molecule has 1 heterocycles. The third kappa shape index (κ3) is 5.98. The van der Waals surface area contributed by atoms with Crippen molar-refractivity contribution in [3.05, 3.63) is 75.0 Å². The largest absolute Gasteiger partial charge is 0.480 e. The molecule has 0 aliphatic carbocycles. The summed E-state index contributed by atoms with van der Waals surface area (Å²) in [5.41, 5.74) is 0.383. The zero-order valence-electron chi connectivity index (χ0n) is 16.5. The molecule has 2 aromatic carbocycles. The Morgan fingerprint density at radius 2 is 1.66 bits per heavy atom. The topological polar surface area (TPSA) is 80.9 Å². The van der Waals surface area contributed by atoms with Crippen LogP contribution in [0.5, 0.6) is 11.5 Å². The minimum Gasteiger partial charge on any atom is -0.480 e. The number of carboxylic acids is 1. The van der Waals surface area contributed by atoms with Gasteiger partial charge in [0, 0.05) is 5.69 Å². The number of hydrogen-bond acceptors (Lipinski definition) is 4. The summed E-state index contributed by atoms with van der Waals surface area (Å²) in [6.07, 6.45) is -4.44. The van der Waals surface area contributed by atoms with Gasteiger partial charge in [0.05, 0.1) is 17.0 Å². The van der Waals surface area contributed by atoms with E-state index in [1.54, 1.807) is 31.2 Å². The molecule has 3 rings (SSSR count). The fourth-order valence-electron chi connectivity index (χ4n) is 2.67. The van der Waals surface area contributed by atoms with Crippen molar-refractivity contribution in [1.29, 1.82) is 0 Å². The van der Waals surface area contributed by atoms with Crippen molar-refractivity contribution < 1.29 is 32.6 Å². The molecule has 0 saturated carbocycles. The van der Waals surface area contributed by atoms with Crippen LogP contribution in [0.1, 0.15) is 16.8 Å². The number of ether oxygens (including phenoxy) is 1. The second-order valence-electron chi connectivity index (χ2n) is 6.68. The molecule has 0 saturated heterocycles. The number of carboxylic acid groups (broad SMARTS) is 1. The van der Waals surface area contributed by atoms with Gasteiger partial charge in [-0.25, -0.2) is 0 Å². The Labute approximate surface area is 189 Å². The molecule has 0 aliphatic heterocycles. The van der Waals surface area contributed by atoms with Crippen molar-refractivity contribution in [2.45, 2.75) is 26.1 Å². The predicted octanol–water partition coefficient (Wildman–Crippen LogP) is 5.08. The number of carbonyl (C=O) groups is 2. The lowest BCUT2D eigenvalue weighted by Gasteiger charge is -2.09. The van der Waals surface area contributed by atoms with Crippen LogP contribution in [0.3, 0.4) is 0 Å². The summed E-state index contributed by atoms with van der Waals surface area (Å²) in [6.45, 7) is 1.36. The number of nitrogens with zero attached hydrogens (tertiary/aromatic N) is 2. The van der Waals surface area contributed by atoms with Gasteiger partial charge >= 0.3 is 12.1 Å². The average molecular weight is 485 g/mol. The Morgan fingerprint density at radius 3 is 2.19 bits per heavy atom. The second kappa shape index (κ2) is 9.58. The standard InChI is InChI=1S/C21H16ClF3N2O4S/c1-12-19(22)20(32-27(12)11-18(29)30)26-17(28)10-13-2-6-15(7-3-13)31-16-8-4-14(5-9-16)21(23,24)25/h2-9H,10-11H2,1H3,(H,29,30). The molecule has 0 fully saturated rings. The van der Waals surface area contributed by atoms with E-state index in [9.17, 15) is 22.8 Å². The van der Waals surface area contributed by atoms with Crippen LogP contribution in [0.25, 0.3) is 0 Å². The number of hydrogen-bond donors (Lipinski definition) is 1. The van der Waals surface area contributed by atoms with Crippen LogP contribution in [-0.2, 0) is 28.7 Å². The summed E-state index contributed by atoms with van der Waals surface area (Å²) in [4.78, 5) is 27.2. The Balaban J connectivity index is 1.66. The lowest BCUT2D eigenvalue weighted by Crippen LogP contribution is -2.07. The van der Waals surface area contributed by atoms with Gasteiger partial charge in [-0.2, -0.15) is 18.2 Å². The first-order valence-corrected chi connectivity index (χ1v) is 10.3. The Morgan fingerprint density at radius 1 is 1.09 bits per heavy atom. The fourth-order valence-corrected chi connectivity index (χ4v) is 3.95. The molecule has 0 spiro atoms. The first-order chi connectivity index (χ1) is 15.0. The molecule has 32 heavy (non-hydrogen) atoms. The van der Waals surface area contributed by atoms with Gasteiger partial charge in [0.1, 0.15) is 18.0 Å². The van der Waals surface area contributed by atoms with E-state index in [4.69, 9.17) is 21.4 Å². The van der Waals surface area contributed by atoms with Crippen LogP contribution < -0.4 is 9.41 Å². The number of alkyl halides is 3. The predicted molar refractivity (Wildman–Crippen MR) is 112 cm³/mol. The van der Waals surface area contributed by atoms with E-state index in [-0.39, 0.29) is 28.4 Å². The molecule has 1 aromatic heterocycles. The molecule has 0 radical (unpaired) electrons. The maximum Gasteiger partial charge on any atom is 0.416 e. The van der Waals surface area contributed by atoms with Crippen LogP contribution in [0.4, 0.5) is 13.2 Å². The Kier molecular flexibility index (Phi) is 7.05. The van der Waals surface area contributed by atoms with Gasteiger partial charge in [0.25, 0.3) is 5.91 Å². The number of carbonyl (C=O) groups excluding carboxylic acids is 1. The SMILES string of the molecule is Cc1c(Cl)c(=NC(=O)Cc2ccc(Oc3ccc(C(F)(F)F)cc3)cc2)sn1CC(=O)O. The van der Waals surface area contributed by atoms with E-state index in [0.717, 1.165) is 23.7 Å². The highest BCUT2D eigenvalue weighted by atomic mass is 35.5. The van der Waals surface area contributed by atoms with Crippen LogP contribution in [-0.4, -0.2) is 20.9 Å². The van der Waals surface area contributed by atoms with Gasteiger partial charge in [0.15, 0.2) is 4.67 Å². The molecule has 168 valence electrons. The maximum absolute atomic E-state index is 12.6. The van der Waals surface area contributed by atoms with E-state index in [1.807, 2.05) is 0 Å². The van der Waals surface area contributed by atoms with Crippen LogP contribution in [0.15, 0.2) is 53.5 Å². The number of aliphatic carboxylic acids is 1. The minimum absolute atomic E-state index is 0.0211. The summed E-state index contributed by atoms with van der Waals surface area (Å²) in [5, 5.41) is 9.14. The molecule has 11 heteroatoms. The highest BCUT2D eigenvalue weighted by Gasteiger charge is 2.30. The number of benzene rings is 2.